The summed E-state index contributed by atoms with van der Waals surface area (Å²) in [6, 6.07) is 8.43. The lowest BCUT2D eigenvalue weighted by Crippen LogP contribution is -2.37. The average Bonchev–Trinajstić information content (AvgIpc) is 2.85. The summed E-state index contributed by atoms with van der Waals surface area (Å²) in [6.45, 7) is 6.26. The first kappa shape index (κ1) is 20.5. The molecule has 2 aromatic rings. The summed E-state index contributed by atoms with van der Waals surface area (Å²) in [5.41, 5.74) is 3.79. The minimum atomic E-state index is -0.641. The van der Waals surface area contributed by atoms with Gasteiger partial charge in [-0.15, -0.1) is 0 Å². The van der Waals surface area contributed by atoms with Crippen molar-refractivity contribution in [2.45, 2.75) is 33.2 Å². The first-order valence-corrected chi connectivity index (χ1v) is 9.81. The molecule has 5 nitrogen and oxygen atoms in total. The summed E-state index contributed by atoms with van der Waals surface area (Å²) in [6.07, 6.45) is 0.615. The van der Waals surface area contributed by atoms with Crippen molar-refractivity contribution < 1.29 is 14.3 Å². The van der Waals surface area contributed by atoms with Crippen LogP contribution in [0, 0.1) is 13.8 Å². The standard InChI is InChI=1S/C21H22Cl2N2O3/c1-12-9-13(2)20-16(10-12)19(24-14(3)26)21(27)25(20)7-4-8-28-18-6-5-15(22)11-17(18)23/h5-6,9-11,19H,4,7-8H2,1-3H3,(H,24,26). The summed E-state index contributed by atoms with van der Waals surface area (Å²) in [5.74, 6) is 0.205. The fraction of sp³-hybridized carbons (Fsp3) is 0.333. The number of carbonyl (C=O) groups excluding carboxylic acids is 2. The van der Waals surface area contributed by atoms with Crippen molar-refractivity contribution in [3.05, 3.63) is 57.1 Å². The number of nitrogens with zero attached hydrogens (tertiary/aromatic N) is 1. The molecule has 148 valence electrons. The van der Waals surface area contributed by atoms with Crippen LogP contribution in [-0.2, 0) is 9.59 Å². The third-order valence-corrected chi connectivity index (χ3v) is 5.12. The summed E-state index contributed by atoms with van der Waals surface area (Å²) in [7, 11) is 0. The number of hydrogen-bond acceptors (Lipinski definition) is 3. The largest absolute Gasteiger partial charge is 0.492 e. The SMILES string of the molecule is CC(=O)NC1C(=O)N(CCCOc2ccc(Cl)cc2Cl)c2c(C)cc(C)cc21. The Morgan fingerprint density at radius 1 is 1.21 bits per heavy atom. The highest BCUT2D eigenvalue weighted by atomic mass is 35.5. The topological polar surface area (TPSA) is 58.6 Å². The molecule has 3 rings (SSSR count). The molecule has 0 spiro atoms. The van der Waals surface area contributed by atoms with E-state index in [1.54, 1.807) is 23.1 Å². The van der Waals surface area contributed by atoms with Gasteiger partial charge in [0.15, 0.2) is 0 Å². The van der Waals surface area contributed by atoms with Crippen molar-refractivity contribution in [3.8, 4) is 5.75 Å². The van der Waals surface area contributed by atoms with Crippen LogP contribution in [0.5, 0.6) is 5.75 Å². The van der Waals surface area contributed by atoms with Crippen LogP contribution < -0.4 is 15.0 Å². The number of nitrogens with one attached hydrogen (secondary N) is 1. The van der Waals surface area contributed by atoms with Gasteiger partial charge in [0.2, 0.25) is 5.91 Å². The molecule has 7 heteroatoms. The highest BCUT2D eigenvalue weighted by molar-refractivity contribution is 6.35. The first-order valence-electron chi connectivity index (χ1n) is 9.05. The van der Waals surface area contributed by atoms with E-state index in [1.807, 2.05) is 26.0 Å². The summed E-state index contributed by atoms with van der Waals surface area (Å²) < 4.78 is 5.72. The van der Waals surface area contributed by atoms with E-state index < -0.39 is 6.04 Å². The molecule has 2 aromatic carbocycles. The summed E-state index contributed by atoms with van der Waals surface area (Å²) in [5, 5.41) is 3.77. The van der Waals surface area contributed by atoms with Gasteiger partial charge in [0.05, 0.1) is 17.3 Å². The predicted octanol–water partition coefficient (Wildman–Crippen LogP) is 4.60. The van der Waals surface area contributed by atoms with Crippen molar-refractivity contribution in [3.63, 3.8) is 0 Å². The van der Waals surface area contributed by atoms with Crippen LogP contribution in [-0.4, -0.2) is 25.0 Å². The molecule has 1 aliphatic rings. The van der Waals surface area contributed by atoms with E-state index in [0.717, 1.165) is 22.4 Å². The number of anilines is 1. The highest BCUT2D eigenvalue weighted by Crippen LogP contribution is 2.39. The Balaban J connectivity index is 1.72. The number of rotatable bonds is 6. The molecule has 0 aliphatic carbocycles. The van der Waals surface area contributed by atoms with E-state index in [9.17, 15) is 9.59 Å². The van der Waals surface area contributed by atoms with Gasteiger partial charge in [-0.3, -0.25) is 9.59 Å². The Morgan fingerprint density at radius 3 is 2.64 bits per heavy atom. The van der Waals surface area contributed by atoms with E-state index in [1.165, 1.54) is 6.92 Å². The van der Waals surface area contributed by atoms with E-state index in [-0.39, 0.29) is 11.8 Å². The van der Waals surface area contributed by atoms with Gasteiger partial charge >= 0.3 is 0 Å². The molecule has 0 saturated heterocycles. The van der Waals surface area contributed by atoms with Gasteiger partial charge in [0.1, 0.15) is 11.8 Å². The second kappa shape index (κ2) is 8.41. The monoisotopic (exact) mass is 420 g/mol. The van der Waals surface area contributed by atoms with Gasteiger partial charge in [0.25, 0.3) is 5.91 Å². The van der Waals surface area contributed by atoms with E-state index in [4.69, 9.17) is 27.9 Å². The molecule has 1 N–H and O–H groups in total. The van der Waals surface area contributed by atoms with Crippen molar-refractivity contribution in [1.82, 2.24) is 5.32 Å². The summed E-state index contributed by atoms with van der Waals surface area (Å²) in [4.78, 5) is 26.3. The van der Waals surface area contributed by atoms with Crippen LogP contribution in [0.4, 0.5) is 5.69 Å². The molecule has 0 radical (unpaired) electrons. The normalized spacial score (nSPS) is 15.5. The van der Waals surface area contributed by atoms with Gasteiger partial charge in [-0.2, -0.15) is 0 Å². The summed E-state index contributed by atoms with van der Waals surface area (Å²) >= 11 is 12.0. The predicted molar refractivity (Wildman–Crippen MR) is 111 cm³/mol. The van der Waals surface area contributed by atoms with Crippen molar-refractivity contribution in [1.29, 1.82) is 0 Å². The van der Waals surface area contributed by atoms with Crippen molar-refractivity contribution >= 4 is 40.7 Å². The van der Waals surface area contributed by atoms with Crippen LogP contribution in [0.25, 0.3) is 0 Å². The molecular weight excluding hydrogens is 399 g/mol. The maximum absolute atomic E-state index is 13.0. The zero-order valence-corrected chi connectivity index (χ0v) is 17.5. The van der Waals surface area contributed by atoms with Gasteiger partial charge in [0, 0.05) is 24.1 Å². The fourth-order valence-electron chi connectivity index (χ4n) is 3.54. The number of hydrogen-bond donors (Lipinski definition) is 1. The second-order valence-electron chi connectivity index (χ2n) is 6.92. The lowest BCUT2D eigenvalue weighted by atomic mass is 10.0. The molecule has 28 heavy (non-hydrogen) atoms. The Bertz CT molecular complexity index is 930. The van der Waals surface area contributed by atoms with Crippen LogP contribution >= 0.6 is 23.2 Å². The van der Waals surface area contributed by atoms with Crippen LogP contribution in [0.3, 0.4) is 0 Å². The second-order valence-corrected chi connectivity index (χ2v) is 7.76. The van der Waals surface area contributed by atoms with Crippen molar-refractivity contribution in [2.24, 2.45) is 0 Å². The molecule has 1 unspecified atom stereocenters. The molecule has 2 amide bonds. The number of amides is 2. The van der Waals surface area contributed by atoms with E-state index >= 15 is 0 Å². The number of fused-ring (bicyclic) bond motifs is 1. The molecule has 0 aromatic heterocycles. The van der Waals surface area contributed by atoms with E-state index in [2.05, 4.69) is 5.32 Å². The molecule has 0 bridgehead atoms. The minimum absolute atomic E-state index is 0.122. The number of benzene rings is 2. The lowest BCUT2D eigenvalue weighted by molar-refractivity contribution is -0.126. The minimum Gasteiger partial charge on any atom is -0.492 e. The number of aryl methyl sites for hydroxylation is 2. The van der Waals surface area contributed by atoms with Crippen LogP contribution in [0.1, 0.15) is 36.1 Å². The fourth-order valence-corrected chi connectivity index (χ4v) is 4.01. The quantitative estimate of drug-likeness (QED) is 0.694. The van der Waals surface area contributed by atoms with Crippen LogP contribution in [0.15, 0.2) is 30.3 Å². The molecule has 0 fully saturated rings. The van der Waals surface area contributed by atoms with Gasteiger partial charge < -0.3 is 15.0 Å². The van der Waals surface area contributed by atoms with Crippen molar-refractivity contribution in [2.75, 3.05) is 18.1 Å². The van der Waals surface area contributed by atoms with Gasteiger partial charge in [-0.05, 0) is 44.0 Å². The third kappa shape index (κ3) is 4.26. The Kier molecular flexibility index (Phi) is 6.16. The smallest absolute Gasteiger partial charge is 0.254 e. The zero-order chi connectivity index (χ0) is 20.4. The maximum Gasteiger partial charge on any atom is 0.254 e. The van der Waals surface area contributed by atoms with Gasteiger partial charge in [-0.25, -0.2) is 0 Å². The number of ether oxygens (including phenoxy) is 1. The van der Waals surface area contributed by atoms with E-state index in [0.29, 0.717) is 35.4 Å². The maximum atomic E-state index is 13.0. The molecule has 1 atom stereocenters. The lowest BCUT2D eigenvalue weighted by Gasteiger charge is -2.20. The zero-order valence-electron chi connectivity index (χ0n) is 16.0. The molecule has 1 heterocycles. The van der Waals surface area contributed by atoms with Gasteiger partial charge in [-0.1, -0.05) is 40.9 Å². The molecular formula is C21H22Cl2N2O3. The average molecular weight is 421 g/mol. The highest BCUT2D eigenvalue weighted by Gasteiger charge is 2.38. The Morgan fingerprint density at radius 2 is 1.96 bits per heavy atom. The van der Waals surface area contributed by atoms with Crippen LogP contribution in [0.2, 0.25) is 10.0 Å². The number of halogens is 2. The number of carbonyl (C=O) groups is 2. The Labute approximate surface area is 174 Å². The Hall–Kier alpha value is -2.24. The third-order valence-electron chi connectivity index (χ3n) is 4.59. The molecule has 1 aliphatic heterocycles. The first-order chi connectivity index (χ1) is 13.3. The molecule has 0 saturated carbocycles.